The molecule has 1 amide bonds. The van der Waals surface area contributed by atoms with E-state index >= 15 is 0 Å². The molecule has 0 heterocycles. The minimum Gasteiger partial charge on any atom is -0.329 e. The summed E-state index contributed by atoms with van der Waals surface area (Å²) in [6.45, 7) is 3.41. The summed E-state index contributed by atoms with van der Waals surface area (Å²) in [6, 6.07) is 9.97. The van der Waals surface area contributed by atoms with Crippen LogP contribution in [0.15, 0.2) is 30.3 Å². The monoisotopic (exact) mass is 260 g/mol. The van der Waals surface area contributed by atoms with Crippen LogP contribution in [0.3, 0.4) is 0 Å². The number of unbranched alkanes of at least 4 members (excludes halogenated alkanes) is 1. The van der Waals surface area contributed by atoms with Crippen molar-refractivity contribution in [2.24, 2.45) is 11.1 Å². The number of carbonyl (C=O) groups excluding carboxylic acids is 1. The lowest BCUT2D eigenvalue weighted by Crippen LogP contribution is -2.52. The van der Waals surface area contributed by atoms with Gasteiger partial charge < -0.3 is 10.6 Å². The van der Waals surface area contributed by atoms with E-state index < -0.39 is 0 Å². The normalized spacial score (nSPS) is 16.7. The van der Waals surface area contributed by atoms with Crippen LogP contribution in [-0.2, 0) is 4.79 Å². The highest BCUT2D eigenvalue weighted by Gasteiger charge is 2.45. The molecule has 0 bridgehead atoms. The summed E-state index contributed by atoms with van der Waals surface area (Å²) < 4.78 is 0. The number of hydrogen-bond donors (Lipinski definition) is 1. The Kier molecular flexibility index (Phi) is 4.59. The van der Waals surface area contributed by atoms with Gasteiger partial charge in [-0.25, -0.2) is 0 Å². The van der Waals surface area contributed by atoms with Crippen LogP contribution in [0.4, 0.5) is 5.69 Å². The van der Waals surface area contributed by atoms with Crippen molar-refractivity contribution in [3.8, 4) is 0 Å². The number of rotatable bonds is 6. The number of benzene rings is 1. The molecule has 1 saturated carbocycles. The third-order valence-corrected chi connectivity index (χ3v) is 4.20. The number of carbonyl (C=O) groups is 1. The average molecular weight is 260 g/mol. The van der Waals surface area contributed by atoms with Crippen molar-refractivity contribution >= 4 is 11.6 Å². The van der Waals surface area contributed by atoms with E-state index in [9.17, 15) is 4.79 Å². The third-order valence-electron chi connectivity index (χ3n) is 4.20. The lowest BCUT2D eigenvalue weighted by Gasteiger charge is -2.42. The first-order valence-electron chi connectivity index (χ1n) is 7.30. The quantitative estimate of drug-likeness (QED) is 0.854. The Morgan fingerprint density at radius 2 is 2.00 bits per heavy atom. The predicted octanol–water partition coefficient (Wildman–Crippen LogP) is 2.95. The molecule has 1 aliphatic rings. The molecule has 0 spiro atoms. The number of anilines is 1. The summed E-state index contributed by atoms with van der Waals surface area (Å²) >= 11 is 0. The fourth-order valence-corrected chi connectivity index (χ4v) is 2.67. The fraction of sp³-hybridized carbons (Fsp3) is 0.562. The summed E-state index contributed by atoms with van der Waals surface area (Å²) in [5, 5.41) is 0. The van der Waals surface area contributed by atoms with Gasteiger partial charge in [-0.2, -0.15) is 0 Å². The van der Waals surface area contributed by atoms with Gasteiger partial charge in [0.15, 0.2) is 0 Å². The molecule has 0 saturated heterocycles. The van der Waals surface area contributed by atoms with Gasteiger partial charge in [0.05, 0.1) is 5.41 Å². The molecule has 1 aromatic rings. The van der Waals surface area contributed by atoms with Gasteiger partial charge in [-0.15, -0.1) is 0 Å². The number of para-hydroxylation sites is 1. The zero-order valence-electron chi connectivity index (χ0n) is 11.8. The Bertz CT molecular complexity index is 407. The molecule has 0 atom stereocenters. The molecule has 0 unspecified atom stereocenters. The van der Waals surface area contributed by atoms with Crippen molar-refractivity contribution in [1.29, 1.82) is 0 Å². The fourth-order valence-electron chi connectivity index (χ4n) is 2.67. The Labute approximate surface area is 115 Å². The lowest BCUT2D eigenvalue weighted by molar-refractivity contribution is -0.132. The van der Waals surface area contributed by atoms with Crippen LogP contribution in [-0.4, -0.2) is 19.0 Å². The molecule has 0 aromatic heterocycles. The van der Waals surface area contributed by atoms with E-state index in [4.69, 9.17) is 5.73 Å². The zero-order valence-corrected chi connectivity index (χ0v) is 11.8. The van der Waals surface area contributed by atoms with Crippen molar-refractivity contribution in [1.82, 2.24) is 0 Å². The minimum atomic E-state index is -0.288. The lowest BCUT2D eigenvalue weighted by atomic mass is 9.67. The number of amides is 1. The maximum atomic E-state index is 12.8. The van der Waals surface area contributed by atoms with Crippen molar-refractivity contribution in [3.05, 3.63) is 30.3 Å². The van der Waals surface area contributed by atoms with Gasteiger partial charge in [-0.3, -0.25) is 4.79 Å². The van der Waals surface area contributed by atoms with Gasteiger partial charge in [-0.1, -0.05) is 38.0 Å². The van der Waals surface area contributed by atoms with Crippen LogP contribution in [0.2, 0.25) is 0 Å². The highest BCUT2D eigenvalue weighted by atomic mass is 16.2. The van der Waals surface area contributed by atoms with E-state index in [0.717, 1.165) is 44.3 Å². The molecular weight excluding hydrogens is 236 g/mol. The van der Waals surface area contributed by atoms with Crippen LogP contribution in [0.25, 0.3) is 0 Å². The second-order valence-electron chi connectivity index (χ2n) is 5.48. The average Bonchev–Trinajstić information content (AvgIpc) is 2.40. The zero-order chi connectivity index (χ0) is 13.7. The Morgan fingerprint density at radius 3 is 2.47 bits per heavy atom. The largest absolute Gasteiger partial charge is 0.329 e. The van der Waals surface area contributed by atoms with Crippen LogP contribution >= 0.6 is 0 Å². The topological polar surface area (TPSA) is 46.3 Å². The molecule has 1 aromatic carbocycles. The van der Waals surface area contributed by atoms with Gasteiger partial charge >= 0.3 is 0 Å². The van der Waals surface area contributed by atoms with E-state index in [1.807, 2.05) is 35.2 Å². The smallest absolute Gasteiger partial charge is 0.234 e. The predicted molar refractivity (Wildman–Crippen MR) is 79.0 cm³/mol. The van der Waals surface area contributed by atoms with Crippen LogP contribution in [0, 0.1) is 5.41 Å². The summed E-state index contributed by atoms with van der Waals surface area (Å²) in [4.78, 5) is 14.8. The van der Waals surface area contributed by atoms with E-state index in [-0.39, 0.29) is 11.3 Å². The molecule has 0 aliphatic heterocycles. The van der Waals surface area contributed by atoms with Gasteiger partial charge in [0.2, 0.25) is 5.91 Å². The maximum Gasteiger partial charge on any atom is 0.234 e. The van der Waals surface area contributed by atoms with Gasteiger partial charge in [0.1, 0.15) is 0 Å². The molecule has 19 heavy (non-hydrogen) atoms. The maximum absolute atomic E-state index is 12.8. The van der Waals surface area contributed by atoms with Gasteiger partial charge in [0, 0.05) is 18.8 Å². The Morgan fingerprint density at radius 1 is 1.32 bits per heavy atom. The number of nitrogens with two attached hydrogens (primary N) is 1. The second kappa shape index (κ2) is 6.20. The third kappa shape index (κ3) is 2.81. The molecule has 1 aliphatic carbocycles. The molecule has 1 fully saturated rings. The van der Waals surface area contributed by atoms with E-state index in [1.165, 1.54) is 0 Å². The van der Waals surface area contributed by atoms with Crippen LogP contribution < -0.4 is 10.6 Å². The van der Waals surface area contributed by atoms with Crippen molar-refractivity contribution in [3.63, 3.8) is 0 Å². The van der Waals surface area contributed by atoms with Gasteiger partial charge in [0.25, 0.3) is 0 Å². The molecule has 3 heteroatoms. The van der Waals surface area contributed by atoms with E-state index in [1.54, 1.807) is 0 Å². The minimum absolute atomic E-state index is 0.223. The first-order chi connectivity index (χ1) is 9.23. The van der Waals surface area contributed by atoms with Crippen molar-refractivity contribution in [2.75, 3.05) is 18.0 Å². The number of hydrogen-bond acceptors (Lipinski definition) is 2. The van der Waals surface area contributed by atoms with E-state index in [2.05, 4.69) is 6.92 Å². The van der Waals surface area contributed by atoms with Gasteiger partial charge in [-0.05, 0) is 31.4 Å². The van der Waals surface area contributed by atoms with Crippen molar-refractivity contribution < 1.29 is 4.79 Å². The molecule has 0 radical (unpaired) electrons. The standard InChI is InChI=1S/C16H24N2O/c1-2-3-12-18(14-8-5-4-6-9-14)15(19)16(13-17)10-7-11-16/h4-6,8-9H,2-3,7,10-13,17H2,1H3. The summed E-state index contributed by atoms with van der Waals surface area (Å²) in [6.07, 6.45) is 5.13. The second-order valence-corrected chi connectivity index (χ2v) is 5.48. The Balaban J connectivity index is 2.20. The summed E-state index contributed by atoms with van der Waals surface area (Å²) in [5.74, 6) is 0.223. The molecule has 104 valence electrons. The van der Waals surface area contributed by atoms with Crippen molar-refractivity contribution in [2.45, 2.75) is 39.0 Å². The van der Waals surface area contributed by atoms with E-state index in [0.29, 0.717) is 6.54 Å². The first kappa shape index (κ1) is 14.1. The highest BCUT2D eigenvalue weighted by molar-refractivity contribution is 5.98. The first-order valence-corrected chi connectivity index (χ1v) is 7.30. The van der Waals surface area contributed by atoms with Crippen LogP contribution in [0.1, 0.15) is 39.0 Å². The molecular formula is C16H24N2O. The Hall–Kier alpha value is -1.35. The SMILES string of the molecule is CCCCN(C(=O)C1(CN)CCC1)c1ccccc1. The molecule has 2 N–H and O–H groups in total. The molecule has 2 rings (SSSR count). The summed E-state index contributed by atoms with van der Waals surface area (Å²) in [5.41, 5.74) is 6.58. The van der Waals surface area contributed by atoms with Crippen LogP contribution in [0.5, 0.6) is 0 Å². The number of nitrogens with zero attached hydrogens (tertiary/aromatic N) is 1. The summed E-state index contributed by atoms with van der Waals surface area (Å²) in [7, 11) is 0. The highest BCUT2D eigenvalue weighted by Crippen LogP contribution is 2.42. The molecule has 3 nitrogen and oxygen atoms in total.